The van der Waals surface area contributed by atoms with Gasteiger partial charge < -0.3 is 5.11 Å². The van der Waals surface area contributed by atoms with Crippen molar-refractivity contribution in [2.24, 2.45) is 5.92 Å². The smallest absolute Gasteiger partial charge is 0.160 e. The minimum absolute atomic E-state index is 0.320. The Bertz CT molecular complexity index is 353. The monoisotopic (exact) mass is 238 g/mol. The van der Waals surface area contributed by atoms with Gasteiger partial charge in [-0.3, -0.25) is 4.68 Å². The summed E-state index contributed by atoms with van der Waals surface area (Å²) in [4.78, 5) is 0. The van der Waals surface area contributed by atoms with Gasteiger partial charge in [0.2, 0.25) is 0 Å². The lowest BCUT2D eigenvalue weighted by Crippen LogP contribution is -2.06. The molecule has 0 aliphatic heterocycles. The zero-order valence-electron chi connectivity index (χ0n) is 11.8. The van der Waals surface area contributed by atoms with Gasteiger partial charge in [0.05, 0.1) is 5.69 Å². The van der Waals surface area contributed by atoms with E-state index in [1.54, 1.807) is 0 Å². The van der Waals surface area contributed by atoms with Gasteiger partial charge in [0.15, 0.2) is 5.75 Å². The first-order valence-electron chi connectivity index (χ1n) is 6.75. The minimum atomic E-state index is 0.320. The molecule has 1 rings (SSSR count). The third-order valence-corrected chi connectivity index (χ3v) is 2.91. The Labute approximate surface area is 105 Å². The molecule has 0 bridgehead atoms. The molecule has 0 aliphatic carbocycles. The first kappa shape index (κ1) is 14.1. The number of aromatic nitrogens is 2. The Morgan fingerprint density at radius 1 is 1.24 bits per heavy atom. The first-order valence-corrected chi connectivity index (χ1v) is 6.75. The number of aryl methyl sites for hydroxylation is 1. The molecule has 3 heteroatoms. The summed E-state index contributed by atoms with van der Waals surface area (Å²) in [6.07, 6.45) is 3.12. The van der Waals surface area contributed by atoms with Crippen LogP contribution in [0.4, 0.5) is 0 Å². The summed E-state index contributed by atoms with van der Waals surface area (Å²) in [6.45, 7) is 11.6. The summed E-state index contributed by atoms with van der Waals surface area (Å²) in [6, 6.07) is 0. The van der Waals surface area contributed by atoms with Crippen LogP contribution in [0.25, 0.3) is 0 Å². The molecule has 0 unspecified atom stereocenters. The largest absolute Gasteiger partial charge is 0.504 e. The molecule has 1 N–H and O–H groups in total. The fraction of sp³-hybridized carbons (Fsp3) is 0.786. The SMILES string of the molecule is CCCCn1nc(CC(C)C)c(O)c1C(C)C. The normalized spacial score (nSPS) is 11.7. The minimum Gasteiger partial charge on any atom is -0.504 e. The maximum Gasteiger partial charge on any atom is 0.160 e. The van der Waals surface area contributed by atoms with Gasteiger partial charge in [-0.15, -0.1) is 0 Å². The molecule has 0 aromatic carbocycles. The molecule has 1 heterocycles. The summed E-state index contributed by atoms with van der Waals surface area (Å²) in [5.74, 6) is 1.26. The summed E-state index contributed by atoms with van der Waals surface area (Å²) < 4.78 is 2.00. The van der Waals surface area contributed by atoms with E-state index in [9.17, 15) is 5.11 Å². The van der Waals surface area contributed by atoms with Crippen LogP contribution in [0.3, 0.4) is 0 Å². The van der Waals surface area contributed by atoms with Crippen molar-refractivity contribution < 1.29 is 5.11 Å². The molecule has 0 amide bonds. The van der Waals surface area contributed by atoms with Gasteiger partial charge >= 0.3 is 0 Å². The predicted octanol–water partition coefficient (Wildman–Crippen LogP) is 3.71. The second-order valence-corrected chi connectivity index (χ2v) is 5.51. The molecule has 0 atom stereocenters. The molecule has 0 saturated carbocycles. The van der Waals surface area contributed by atoms with Gasteiger partial charge in [-0.25, -0.2) is 0 Å². The Hall–Kier alpha value is -0.990. The van der Waals surface area contributed by atoms with Gasteiger partial charge in [-0.2, -0.15) is 5.10 Å². The number of hydrogen-bond acceptors (Lipinski definition) is 2. The second kappa shape index (κ2) is 6.08. The average Bonchev–Trinajstić information content (AvgIpc) is 2.52. The lowest BCUT2D eigenvalue weighted by molar-refractivity contribution is 0.448. The molecule has 0 radical (unpaired) electrons. The van der Waals surface area contributed by atoms with Crippen molar-refractivity contribution in [1.82, 2.24) is 9.78 Å². The van der Waals surface area contributed by atoms with Crippen LogP contribution in [0.5, 0.6) is 5.75 Å². The number of aromatic hydroxyl groups is 1. The van der Waals surface area contributed by atoms with E-state index in [0.717, 1.165) is 37.2 Å². The van der Waals surface area contributed by atoms with E-state index in [1.807, 2.05) is 4.68 Å². The summed E-state index contributed by atoms with van der Waals surface area (Å²) in [5.41, 5.74) is 1.86. The average molecular weight is 238 g/mol. The van der Waals surface area contributed by atoms with Crippen molar-refractivity contribution in [3.8, 4) is 5.75 Å². The number of nitrogens with zero attached hydrogens (tertiary/aromatic N) is 2. The lowest BCUT2D eigenvalue weighted by Gasteiger charge is -2.09. The van der Waals surface area contributed by atoms with Crippen LogP contribution in [0.1, 0.15) is 64.8 Å². The molecule has 98 valence electrons. The van der Waals surface area contributed by atoms with E-state index in [1.165, 1.54) is 0 Å². The quantitative estimate of drug-likeness (QED) is 0.820. The highest BCUT2D eigenvalue weighted by Crippen LogP contribution is 2.30. The van der Waals surface area contributed by atoms with E-state index in [2.05, 4.69) is 39.7 Å². The topological polar surface area (TPSA) is 38.0 Å². The van der Waals surface area contributed by atoms with Gasteiger partial charge in [0, 0.05) is 6.54 Å². The van der Waals surface area contributed by atoms with Gasteiger partial charge in [-0.05, 0) is 24.7 Å². The van der Waals surface area contributed by atoms with Crippen molar-refractivity contribution in [1.29, 1.82) is 0 Å². The molecule has 17 heavy (non-hydrogen) atoms. The van der Waals surface area contributed by atoms with Crippen LogP contribution in [0.2, 0.25) is 0 Å². The Morgan fingerprint density at radius 3 is 2.35 bits per heavy atom. The van der Waals surface area contributed by atoms with E-state index in [4.69, 9.17) is 0 Å². The van der Waals surface area contributed by atoms with E-state index in [0.29, 0.717) is 17.6 Å². The Balaban J connectivity index is 3.01. The third kappa shape index (κ3) is 3.48. The highest BCUT2D eigenvalue weighted by molar-refractivity contribution is 5.34. The van der Waals surface area contributed by atoms with Crippen molar-refractivity contribution >= 4 is 0 Å². The number of hydrogen-bond donors (Lipinski definition) is 1. The summed E-state index contributed by atoms with van der Waals surface area (Å²) >= 11 is 0. The molecule has 3 nitrogen and oxygen atoms in total. The molecular formula is C14H26N2O. The third-order valence-electron chi connectivity index (χ3n) is 2.91. The van der Waals surface area contributed by atoms with E-state index >= 15 is 0 Å². The Kier molecular flexibility index (Phi) is 5.03. The van der Waals surface area contributed by atoms with Crippen molar-refractivity contribution in [2.45, 2.75) is 66.3 Å². The van der Waals surface area contributed by atoms with Crippen LogP contribution in [-0.2, 0) is 13.0 Å². The van der Waals surface area contributed by atoms with E-state index < -0.39 is 0 Å². The maximum atomic E-state index is 10.2. The van der Waals surface area contributed by atoms with Crippen molar-refractivity contribution in [3.63, 3.8) is 0 Å². The molecule has 1 aromatic rings. The number of rotatable bonds is 6. The molecule has 0 saturated heterocycles. The van der Waals surface area contributed by atoms with Crippen LogP contribution >= 0.6 is 0 Å². The lowest BCUT2D eigenvalue weighted by atomic mass is 10.0. The van der Waals surface area contributed by atoms with Gasteiger partial charge in [-0.1, -0.05) is 41.0 Å². The van der Waals surface area contributed by atoms with Crippen LogP contribution in [-0.4, -0.2) is 14.9 Å². The van der Waals surface area contributed by atoms with Crippen molar-refractivity contribution in [3.05, 3.63) is 11.4 Å². The zero-order chi connectivity index (χ0) is 13.0. The van der Waals surface area contributed by atoms with Crippen LogP contribution in [0, 0.1) is 5.92 Å². The molecular weight excluding hydrogens is 212 g/mol. The maximum absolute atomic E-state index is 10.2. The number of unbranched alkanes of at least 4 members (excludes halogenated alkanes) is 1. The van der Waals surface area contributed by atoms with Crippen LogP contribution < -0.4 is 0 Å². The van der Waals surface area contributed by atoms with Crippen molar-refractivity contribution in [2.75, 3.05) is 0 Å². The molecule has 1 aromatic heterocycles. The zero-order valence-corrected chi connectivity index (χ0v) is 11.8. The van der Waals surface area contributed by atoms with Crippen LogP contribution in [0.15, 0.2) is 0 Å². The summed E-state index contributed by atoms with van der Waals surface area (Å²) in [7, 11) is 0. The van der Waals surface area contributed by atoms with Gasteiger partial charge in [0.25, 0.3) is 0 Å². The Morgan fingerprint density at radius 2 is 1.88 bits per heavy atom. The fourth-order valence-corrected chi connectivity index (χ4v) is 2.09. The molecule has 0 aliphatic rings. The van der Waals surface area contributed by atoms with E-state index in [-0.39, 0.29) is 0 Å². The second-order valence-electron chi connectivity index (χ2n) is 5.51. The fourth-order valence-electron chi connectivity index (χ4n) is 2.09. The first-order chi connectivity index (χ1) is 7.97. The molecule has 0 spiro atoms. The summed E-state index contributed by atoms with van der Waals surface area (Å²) in [5, 5.41) is 14.8. The molecule has 0 fully saturated rings. The highest BCUT2D eigenvalue weighted by atomic mass is 16.3. The highest BCUT2D eigenvalue weighted by Gasteiger charge is 2.19. The predicted molar refractivity (Wildman–Crippen MR) is 71.4 cm³/mol. The van der Waals surface area contributed by atoms with Gasteiger partial charge in [0.1, 0.15) is 5.69 Å². The standard InChI is InChI=1S/C14H26N2O/c1-6-7-8-16-13(11(4)5)14(17)12(15-16)9-10(2)3/h10-11,17H,6-9H2,1-5H3.